The van der Waals surface area contributed by atoms with Crippen molar-refractivity contribution < 1.29 is 5.11 Å². The number of nitrogens with one attached hydrogen (secondary N) is 1. The molecule has 1 aliphatic rings. The molecule has 3 nitrogen and oxygen atoms in total. The average Bonchev–Trinajstić information content (AvgIpc) is 2.79. The van der Waals surface area contributed by atoms with E-state index in [1.165, 1.54) is 12.0 Å². The number of nitrogens with zero attached hydrogens (tertiary/aromatic N) is 1. The van der Waals surface area contributed by atoms with Gasteiger partial charge in [-0.3, -0.25) is 4.90 Å². The van der Waals surface area contributed by atoms with Crippen LogP contribution in [0.5, 0.6) is 0 Å². The molecule has 1 fully saturated rings. The summed E-state index contributed by atoms with van der Waals surface area (Å²) >= 11 is 0. The van der Waals surface area contributed by atoms with Crippen LogP contribution in [0.4, 0.5) is 0 Å². The number of likely N-dealkylation sites (tertiary alicyclic amines) is 1. The predicted molar refractivity (Wildman–Crippen MR) is 83.6 cm³/mol. The molecule has 0 amide bonds. The fraction of sp³-hybridized carbons (Fsp3) is 0.647. The molecule has 20 heavy (non-hydrogen) atoms. The van der Waals surface area contributed by atoms with Crippen molar-refractivity contribution in [3.05, 3.63) is 35.9 Å². The van der Waals surface area contributed by atoms with Gasteiger partial charge < -0.3 is 10.4 Å². The normalized spacial score (nSPS) is 24.9. The predicted octanol–water partition coefficient (Wildman–Crippen LogP) is 2.40. The zero-order valence-corrected chi connectivity index (χ0v) is 12.8. The lowest BCUT2D eigenvalue weighted by Gasteiger charge is -2.22. The third-order valence-electron chi connectivity index (χ3n) is 4.37. The Labute approximate surface area is 123 Å². The zero-order chi connectivity index (χ0) is 14.4. The molecule has 3 atom stereocenters. The van der Waals surface area contributed by atoms with Gasteiger partial charge in [0.15, 0.2) is 0 Å². The van der Waals surface area contributed by atoms with E-state index in [0.29, 0.717) is 18.1 Å². The van der Waals surface area contributed by atoms with Crippen LogP contribution >= 0.6 is 0 Å². The summed E-state index contributed by atoms with van der Waals surface area (Å²) in [5, 5.41) is 12.8. The average molecular weight is 276 g/mol. The third kappa shape index (κ3) is 4.30. The van der Waals surface area contributed by atoms with Crippen molar-refractivity contribution in [3.8, 4) is 0 Å². The second-order valence-electron chi connectivity index (χ2n) is 5.98. The van der Waals surface area contributed by atoms with E-state index >= 15 is 0 Å². The molecule has 0 bridgehead atoms. The molecular weight excluding hydrogens is 248 g/mol. The molecule has 1 aromatic rings. The van der Waals surface area contributed by atoms with E-state index in [1.807, 2.05) is 0 Å². The van der Waals surface area contributed by atoms with Crippen LogP contribution in [0.1, 0.15) is 38.7 Å². The summed E-state index contributed by atoms with van der Waals surface area (Å²) in [7, 11) is 0. The first-order valence-electron chi connectivity index (χ1n) is 7.87. The van der Waals surface area contributed by atoms with Crippen LogP contribution in [-0.2, 0) is 6.54 Å². The van der Waals surface area contributed by atoms with Crippen molar-refractivity contribution in [3.63, 3.8) is 0 Å². The molecule has 0 radical (unpaired) electrons. The maximum atomic E-state index is 9.09. The Hall–Kier alpha value is -0.900. The Bertz CT molecular complexity index is 382. The monoisotopic (exact) mass is 276 g/mol. The van der Waals surface area contributed by atoms with Gasteiger partial charge in [-0.2, -0.15) is 0 Å². The van der Waals surface area contributed by atoms with Gasteiger partial charge in [-0.05, 0) is 31.7 Å². The molecule has 0 spiro atoms. The number of benzene rings is 1. The fourth-order valence-electron chi connectivity index (χ4n) is 3.15. The van der Waals surface area contributed by atoms with Crippen molar-refractivity contribution in [1.29, 1.82) is 0 Å². The van der Waals surface area contributed by atoms with E-state index in [-0.39, 0.29) is 6.61 Å². The lowest BCUT2D eigenvalue weighted by Crippen LogP contribution is -2.40. The molecule has 0 aliphatic carbocycles. The van der Waals surface area contributed by atoms with Gasteiger partial charge in [0.05, 0.1) is 0 Å². The molecule has 1 aromatic carbocycles. The van der Waals surface area contributed by atoms with Crippen LogP contribution in [0.25, 0.3) is 0 Å². The number of rotatable bonds is 7. The summed E-state index contributed by atoms with van der Waals surface area (Å²) in [6.07, 6.45) is 3.15. The minimum absolute atomic E-state index is 0.279. The van der Waals surface area contributed by atoms with Crippen molar-refractivity contribution >= 4 is 0 Å². The smallest absolute Gasteiger partial charge is 0.0445 e. The van der Waals surface area contributed by atoms with Crippen molar-refractivity contribution in [1.82, 2.24) is 10.2 Å². The molecule has 0 saturated carbocycles. The van der Waals surface area contributed by atoms with Crippen LogP contribution < -0.4 is 5.32 Å². The van der Waals surface area contributed by atoms with Crippen LogP contribution in [0.2, 0.25) is 0 Å². The van der Waals surface area contributed by atoms with E-state index in [4.69, 9.17) is 5.11 Å². The standard InChI is InChI=1S/C17H28N2O/c1-3-16(9-10-20)18-17-11-14(2)19(13-17)12-15-7-5-4-6-8-15/h4-8,14,16-18,20H,3,9-13H2,1-2H3. The molecule has 3 heteroatoms. The second kappa shape index (κ2) is 7.77. The molecule has 1 saturated heterocycles. The maximum absolute atomic E-state index is 9.09. The van der Waals surface area contributed by atoms with Crippen LogP contribution in [0.3, 0.4) is 0 Å². The van der Waals surface area contributed by atoms with Crippen LogP contribution in [0, 0.1) is 0 Å². The highest BCUT2D eigenvalue weighted by Crippen LogP contribution is 2.21. The molecular formula is C17H28N2O. The number of aliphatic hydroxyl groups excluding tert-OH is 1. The molecule has 0 aromatic heterocycles. The molecule has 3 unspecified atom stereocenters. The highest BCUT2D eigenvalue weighted by molar-refractivity contribution is 5.15. The van der Waals surface area contributed by atoms with E-state index in [9.17, 15) is 0 Å². The molecule has 1 aliphatic heterocycles. The lowest BCUT2D eigenvalue weighted by atomic mass is 10.1. The van der Waals surface area contributed by atoms with Gasteiger partial charge in [0.2, 0.25) is 0 Å². The quantitative estimate of drug-likeness (QED) is 0.803. The molecule has 2 N–H and O–H groups in total. The first kappa shape index (κ1) is 15.5. The number of aliphatic hydroxyl groups is 1. The van der Waals surface area contributed by atoms with Gasteiger partial charge in [0.1, 0.15) is 0 Å². The fourth-order valence-corrected chi connectivity index (χ4v) is 3.15. The highest BCUT2D eigenvalue weighted by Gasteiger charge is 2.29. The molecule has 2 rings (SSSR count). The van der Waals surface area contributed by atoms with E-state index in [1.54, 1.807) is 0 Å². The van der Waals surface area contributed by atoms with E-state index in [2.05, 4.69) is 54.4 Å². The minimum Gasteiger partial charge on any atom is -0.396 e. The third-order valence-corrected chi connectivity index (χ3v) is 4.37. The van der Waals surface area contributed by atoms with Gasteiger partial charge in [-0.25, -0.2) is 0 Å². The summed E-state index contributed by atoms with van der Waals surface area (Å²) in [6, 6.07) is 12.3. The SMILES string of the molecule is CCC(CCO)NC1CC(C)N(Cc2ccccc2)C1. The van der Waals surface area contributed by atoms with E-state index in [0.717, 1.165) is 25.9 Å². The second-order valence-corrected chi connectivity index (χ2v) is 5.98. The van der Waals surface area contributed by atoms with Gasteiger partial charge >= 0.3 is 0 Å². The minimum atomic E-state index is 0.279. The first-order chi connectivity index (χ1) is 9.72. The van der Waals surface area contributed by atoms with Gasteiger partial charge in [-0.15, -0.1) is 0 Å². The molecule has 112 valence electrons. The highest BCUT2D eigenvalue weighted by atomic mass is 16.3. The van der Waals surface area contributed by atoms with E-state index < -0.39 is 0 Å². The summed E-state index contributed by atoms with van der Waals surface area (Å²) in [4.78, 5) is 2.55. The summed E-state index contributed by atoms with van der Waals surface area (Å²) < 4.78 is 0. The van der Waals surface area contributed by atoms with Crippen molar-refractivity contribution in [2.24, 2.45) is 0 Å². The Morgan fingerprint density at radius 2 is 2.10 bits per heavy atom. The molecule has 1 heterocycles. The number of hydrogen-bond acceptors (Lipinski definition) is 3. The van der Waals surface area contributed by atoms with Gasteiger partial charge in [-0.1, -0.05) is 37.3 Å². The lowest BCUT2D eigenvalue weighted by molar-refractivity contribution is 0.244. The van der Waals surface area contributed by atoms with Crippen molar-refractivity contribution in [2.45, 2.75) is 57.8 Å². The first-order valence-corrected chi connectivity index (χ1v) is 7.87. The summed E-state index contributed by atoms with van der Waals surface area (Å²) in [5.74, 6) is 0. The Balaban J connectivity index is 1.85. The van der Waals surface area contributed by atoms with Gasteiger partial charge in [0.25, 0.3) is 0 Å². The largest absolute Gasteiger partial charge is 0.396 e. The Morgan fingerprint density at radius 1 is 1.35 bits per heavy atom. The number of hydrogen-bond donors (Lipinski definition) is 2. The van der Waals surface area contributed by atoms with Crippen LogP contribution in [-0.4, -0.2) is 41.3 Å². The summed E-state index contributed by atoms with van der Waals surface area (Å²) in [5.41, 5.74) is 1.39. The van der Waals surface area contributed by atoms with Gasteiger partial charge in [0, 0.05) is 37.8 Å². The van der Waals surface area contributed by atoms with Crippen molar-refractivity contribution in [2.75, 3.05) is 13.2 Å². The van der Waals surface area contributed by atoms with Crippen LogP contribution in [0.15, 0.2) is 30.3 Å². The Kier molecular flexibility index (Phi) is 6.02. The zero-order valence-electron chi connectivity index (χ0n) is 12.8. The Morgan fingerprint density at radius 3 is 2.75 bits per heavy atom. The maximum Gasteiger partial charge on any atom is 0.0445 e. The summed E-state index contributed by atoms with van der Waals surface area (Å²) in [6.45, 7) is 6.93. The topological polar surface area (TPSA) is 35.5 Å².